The highest BCUT2D eigenvalue weighted by molar-refractivity contribution is 8.26. The molecule has 150 valence electrons. The minimum atomic E-state index is -0.148. The van der Waals surface area contributed by atoms with Gasteiger partial charge in [-0.1, -0.05) is 90.2 Å². The molecule has 6 heteroatoms. The topological polar surface area (TPSA) is 40.5 Å². The molecule has 3 aromatic carbocycles. The Bertz CT molecular complexity index is 1140. The fourth-order valence-electron chi connectivity index (χ4n) is 3.23. The number of thiocarbonyl (C=S) groups is 1. The number of thioether (sulfide) groups is 1. The molecule has 1 heterocycles. The number of hydrogen-bond acceptors (Lipinski definition) is 4. The van der Waals surface area contributed by atoms with Gasteiger partial charge in [-0.25, -0.2) is 0 Å². The molecule has 0 atom stereocenters. The van der Waals surface area contributed by atoms with E-state index in [2.05, 4.69) is 0 Å². The summed E-state index contributed by atoms with van der Waals surface area (Å²) in [7, 11) is 0. The quantitative estimate of drug-likeness (QED) is 0.379. The number of amides is 1. The Morgan fingerprint density at radius 2 is 1.73 bits per heavy atom. The minimum Gasteiger partial charge on any atom is -0.507 e. The first kappa shape index (κ1) is 20.7. The van der Waals surface area contributed by atoms with E-state index >= 15 is 0 Å². The van der Waals surface area contributed by atoms with E-state index in [-0.39, 0.29) is 11.7 Å². The minimum absolute atomic E-state index is 0.117. The van der Waals surface area contributed by atoms with Crippen molar-refractivity contribution in [2.24, 2.45) is 0 Å². The molecule has 0 radical (unpaired) electrons. The third-order valence-corrected chi connectivity index (χ3v) is 6.53. The molecule has 0 aliphatic carbocycles. The number of hydrogen-bond donors (Lipinski definition) is 1. The number of aromatic hydroxyl groups is 1. The van der Waals surface area contributed by atoms with Crippen molar-refractivity contribution in [1.29, 1.82) is 0 Å². The highest BCUT2D eigenvalue weighted by Crippen LogP contribution is 2.35. The van der Waals surface area contributed by atoms with E-state index in [1.54, 1.807) is 17.0 Å². The third kappa shape index (κ3) is 4.59. The van der Waals surface area contributed by atoms with Crippen LogP contribution in [0.5, 0.6) is 5.75 Å². The Labute approximate surface area is 190 Å². The predicted molar refractivity (Wildman–Crippen MR) is 128 cm³/mol. The zero-order valence-electron chi connectivity index (χ0n) is 15.9. The molecule has 0 saturated carbocycles. The van der Waals surface area contributed by atoms with E-state index in [1.807, 2.05) is 66.7 Å². The van der Waals surface area contributed by atoms with E-state index in [1.165, 1.54) is 11.8 Å². The van der Waals surface area contributed by atoms with E-state index in [0.29, 0.717) is 32.8 Å². The Morgan fingerprint density at radius 1 is 1.00 bits per heavy atom. The Morgan fingerprint density at radius 3 is 2.50 bits per heavy atom. The first-order valence-electron chi connectivity index (χ1n) is 9.36. The molecular formula is C24H18ClNO2S2. The van der Waals surface area contributed by atoms with Gasteiger partial charge >= 0.3 is 0 Å². The Hall–Kier alpha value is -2.60. The molecule has 0 unspecified atom stereocenters. The standard InChI is InChI=1S/C24H18ClNO2S2/c25-20-9-5-4-8-18(20)12-17-10-11-21(27)19(13-17)14-22-23(28)26(24(29)30-22)15-16-6-2-1-3-7-16/h1-11,13-14,27H,12,15H2. The van der Waals surface area contributed by atoms with E-state index in [4.69, 9.17) is 23.8 Å². The van der Waals surface area contributed by atoms with E-state index in [0.717, 1.165) is 16.7 Å². The number of halogens is 1. The fourth-order valence-corrected chi connectivity index (χ4v) is 4.68. The second-order valence-corrected chi connectivity index (χ2v) is 9.00. The molecule has 1 aliphatic rings. The molecule has 30 heavy (non-hydrogen) atoms. The molecule has 4 rings (SSSR count). The number of phenols is 1. The molecular weight excluding hydrogens is 434 g/mol. The van der Waals surface area contributed by atoms with Crippen molar-refractivity contribution in [2.75, 3.05) is 0 Å². The lowest BCUT2D eigenvalue weighted by Crippen LogP contribution is -2.27. The van der Waals surface area contributed by atoms with Crippen LogP contribution in [-0.2, 0) is 17.8 Å². The fraction of sp³-hybridized carbons (Fsp3) is 0.0833. The van der Waals surface area contributed by atoms with Crippen LogP contribution >= 0.6 is 35.6 Å². The Balaban J connectivity index is 1.57. The van der Waals surface area contributed by atoms with Gasteiger partial charge in [0.15, 0.2) is 0 Å². The van der Waals surface area contributed by atoms with Crippen LogP contribution in [0.1, 0.15) is 22.3 Å². The molecule has 0 spiro atoms. The van der Waals surface area contributed by atoms with Crippen LogP contribution in [0.3, 0.4) is 0 Å². The van der Waals surface area contributed by atoms with Gasteiger partial charge in [0, 0.05) is 10.6 Å². The second-order valence-electron chi connectivity index (χ2n) is 6.91. The van der Waals surface area contributed by atoms with Gasteiger partial charge in [0.2, 0.25) is 0 Å². The molecule has 1 amide bonds. The zero-order chi connectivity index (χ0) is 21.1. The maximum atomic E-state index is 12.9. The van der Waals surface area contributed by atoms with Gasteiger partial charge in [0.25, 0.3) is 5.91 Å². The SMILES string of the molecule is O=C1C(=Cc2cc(Cc3ccccc3Cl)ccc2O)SC(=S)N1Cc1ccccc1. The van der Waals surface area contributed by atoms with Crippen molar-refractivity contribution >= 4 is 51.9 Å². The maximum Gasteiger partial charge on any atom is 0.266 e. The molecule has 1 aliphatic heterocycles. The normalized spacial score (nSPS) is 15.2. The number of phenolic OH excluding ortho intramolecular Hbond substituents is 1. The summed E-state index contributed by atoms with van der Waals surface area (Å²) in [6.45, 7) is 0.432. The van der Waals surface area contributed by atoms with Gasteiger partial charge in [-0.3, -0.25) is 9.69 Å². The van der Waals surface area contributed by atoms with Crippen LogP contribution in [-0.4, -0.2) is 20.2 Å². The molecule has 1 fully saturated rings. The maximum absolute atomic E-state index is 12.9. The lowest BCUT2D eigenvalue weighted by atomic mass is 10.0. The second kappa shape index (κ2) is 9.04. The summed E-state index contributed by atoms with van der Waals surface area (Å²) in [6, 6.07) is 22.8. The smallest absolute Gasteiger partial charge is 0.266 e. The third-order valence-electron chi connectivity index (χ3n) is 4.79. The number of carbonyl (C=O) groups excluding carboxylic acids is 1. The first-order chi connectivity index (χ1) is 14.5. The van der Waals surface area contributed by atoms with Gasteiger partial charge in [-0.05, 0) is 47.4 Å². The summed E-state index contributed by atoms with van der Waals surface area (Å²) in [5.74, 6) is -0.0315. The van der Waals surface area contributed by atoms with Gasteiger partial charge < -0.3 is 5.11 Å². The van der Waals surface area contributed by atoms with Crippen LogP contribution in [0, 0.1) is 0 Å². The van der Waals surface area contributed by atoms with E-state index in [9.17, 15) is 9.90 Å². The van der Waals surface area contributed by atoms with Gasteiger partial charge in [-0.15, -0.1) is 0 Å². The molecule has 3 aromatic rings. The van der Waals surface area contributed by atoms with Crippen molar-refractivity contribution < 1.29 is 9.90 Å². The average Bonchev–Trinajstić information content (AvgIpc) is 3.00. The van der Waals surface area contributed by atoms with Crippen LogP contribution in [0.25, 0.3) is 6.08 Å². The predicted octanol–water partition coefficient (Wildman–Crippen LogP) is 6.04. The van der Waals surface area contributed by atoms with Crippen molar-refractivity contribution in [2.45, 2.75) is 13.0 Å². The van der Waals surface area contributed by atoms with Crippen molar-refractivity contribution in [1.82, 2.24) is 4.90 Å². The highest BCUT2D eigenvalue weighted by atomic mass is 35.5. The van der Waals surface area contributed by atoms with Gasteiger partial charge in [-0.2, -0.15) is 0 Å². The van der Waals surface area contributed by atoms with Crippen LogP contribution in [0.2, 0.25) is 5.02 Å². The zero-order valence-corrected chi connectivity index (χ0v) is 18.3. The number of rotatable bonds is 5. The van der Waals surface area contributed by atoms with Crippen molar-refractivity contribution in [3.05, 3.63) is 105 Å². The summed E-state index contributed by atoms with van der Waals surface area (Å²) in [5, 5.41) is 11.0. The van der Waals surface area contributed by atoms with Crippen molar-refractivity contribution in [3.8, 4) is 5.75 Å². The largest absolute Gasteiger partial charge is 0.507 e. The lowest BCUT2D eigenvalue weighted by molar-refractivity contribution is -0.122. The summed E-state index contributed by atoms with van der Waals surface area (Å²) < 4.78 is 0.516. The Kier molecular flexibility index (Phi) is 6.23. The molecule has 0 bridgehead atoms. The van der Waals surface area contributed by atoms with Crippen LogP contribution in [0.15, 0.2) is 77.7 Å². The van der Waals surface area contributed by atoms with Crippen LogP contribution < -0.4 is 0 Å². The summed E-state index contributed by atoms with van der Waals surface area (Å²) in [4.78, 5) is 15.0. The number of nitrogens with zero attached hydrogens (tertiary/aromatic N) is 1. The molecule has 3 nitrogen and oxygen atoms in total. The van der Waals surface area contributed by atoms with Crippen LogP contribution in [0.4, 0.5) is 0 Å². The first-order valence-corrected chi connectivity index (χ1v) is 11.0. The highest BCUT2D eigenvalue weighted by Gasteiger charge is 2.32. The summed E-state index contributed by atoms with van der Waals surface area (Å²) >= 11 is 12.9. The molecule has 1 N–H and O–H groups in total. The monoisotopic (exact) mass is 451 g/mol. The number of carbonyl (C=O) groups is 1. The van der Waals surface area contributed by atoms with E-state index < -0.39 is 0 Å². The summed E-state index contributed by atoms with van der Waals surface area (Å²) in [6.07, 6.45) is 2.34. The van der Waals surface area contributed by atoms with Gasteiger partial charge in [0.1, 0.15) is 10.1 Å². The summed E-state index contributed by atoms with van der Waals surface area (Å²) in [5.41, 5.74) is 3.59. The van der Waals surface area contributed by atoms with Crippen molar-refractivity contribution in [3.63, 3.8) is 0 Å². The average molecular weight is 452 g/mol. The molecule has 1 saturated heterocycles. The number of benzene rings is 3. The molecule has 0 aromatic heterocycles. The van der Waals surface area contributed by atoms with Gasteiger partial charge in [0.05, 0.1) is 11.4 Å². The lowest BCUT2D eigenvalue weighted by Gasteiger charge is -2.14.